The van der Waals surface area contributed by atoms with Crippen molar-refractivity contribution < 1.29 is 9.53 Å². The Balaban J connectivity index is 0.000000152. The van der Waals surface area contributed by atoms with Gasteiger partial charge in [-0.15, -0.1) is 34.3 Å². The molecule has 0 unspecified atom stereocenters. The van der Waals surface area contributed by atoms with Crippen molar-refractivity contribution >= 4 is 71.4 Å². The molecule has 0 aliphatic rings. The fraction of sp³-hybridized carbons (Fsp3) is 0.324. The second kappa shape index (κ2) is 14.7. The molecule has 0 N–H and O–H groups in total. The van der Waals surface area contributed by atoms with Crippen LogP contribution in [-0.2, 0) is 42.6 Å². The zero-order valence-electron chi connectivity index (χ0n) is 29.2. The molecule has 0 aliphatic heterocycles. The lowest BCUT2D eigenvalue weighted by Gasteiger charge is -2.02. The summed E-state index contributed by atoms with van der Waals surface area (Å²) in [5.41, 5.74) is 3.38. The zero-order valence-corrected chi connectivity index (χ0v) is 31.6. The minimum Gasteiger partial charge on any atom is -0.466 e. The molecule has 0 atom stereocenters. The maximum atomic E-state index is 12.8. The van der Waals surface area contributed by atoms with E-state index in [2.05, 4.69) is 42.7 Å². The first-order valence-corrected chi connectivity index (χ1v) is 18.2. The summed E-state index contributed by atoms with van der Waals surface area (Å²) in [6.45, 7) is 10.4. The third-order valence-electron chi connectivity index (χ3n) is 8.14. The van der Waals surface area contributed by atoms with Gasteiger partial charge in [0.15, 0.2) is 0 Å². The minimum absolute atomic E-state index is 0.0609. The van der Waals surface area contributed by atoms with Crippen LogP contribution in [0, 0.1) is 20.8 Å². The summed E-state index contributed by atoms with van der Waals surface area (Å²) >= 11 is 9.19. The maximum Gasteiger partial charge on any atom is 0.302 e. The molecule has 8 heterocycles. The van der Waals surface area contributed by atoms with Crippen LogP contribution < -0.4 is 11.1 Å². The predicted octanol–water partition coefficient (Wildman–Crippen LogP) is 5.22. The molecule has 0 aliphatic carbocycles. The molecule has 266 valence electrons. The maximum absolute atomic E-state index is 12.8. The third-order valence-corrected chi connectivity index (χ3v) is 10.7. The number of ether oxygens (including phenoxy) is 1. The summed E-state index contributed by atoms with van der Waals surface area (Å²) in [4.78, 5) is 39.8. The highest BCUT2D eigenvalue weighted by Crippen LogP contribution is 2.31. The van der Waals surface area contributed by atoms with Crippen LogP contribution in [0.15, 0.2) is 58.9 Å². The Morgan fingerprint density at radius 3 is 1.71 bits per heavy atom. The van der Waals surface area contributed by atoms with Gasteiger partial charge in [0.05, 0.1) is 60.1 Å². The zero-order chi connectivity index (χ0) is 36.6. The van der Waals surface area contributed by atoms with Gasteiger partial charge in [-0.25, -0.2) is 9.36 Å². The smallest absolute Gasteiger partial charge is 0.302 e. The van der Waals surface area contributed by atoms with Gasteiger partial charge in [0, 0.05) is 77.7 Å². The molecule has 51 heavy (non-hydrogen) atoms. The Morgan fingerprint density at radius 1 is 0.804 bits per heavy atom. The van der Waals surface area contributed by atoms with Crippen LogP contribution in [0.2, 0.25) is 0 Å². The van der Waals surface area contributed by atoms with Crippen molar-refractivity contribution in [2.75, 3.05) is 6.61 Å². The number of carbonyl (C=O) groups is 1. The Kier molecular flexibility index (Phi) is 10.3. The van der Waals surface area contributed by atoms with E-state index in [9.17, 15) is 14.4 Å². The number of nitrogens with zero attached hydrogens (tertiary/aromatic N) is 10. The summed E-state index contributed by atoms with van der Waals surface area (Å²) in [5, 5.41) is 20.5. The average Bonchev–Trinajstić information content (AvgIpc) is 3.93. The average molecular weight is 749 g/mol. The number of alkyl halides is 1. The normalized spacial score (nSPS) is 11.3. The predicted molar refractivity (Wildman–Crippen MR) is 200 cm³/mol. The molecule has 0 aromatic carbocycles. The highest BCUT2D eigenvalue weighted by molar-refractivity contribution is 7.18. The van der Waals surface area contributed by atoms with Crippen LogP contribution in [0.25, 0.3) is 31.2 Å². The van der Waals surface area contributed by atoms with E-state index in [1.54, 1.807) is 51.4 Å². The number of aryl methyl sites for hydroxylation is 5. The van der Waals surface area contributed by atoms with E-state index in [0.717, 1.165) is 53.5 Å². The fourth-order valence-corrected chi connectivity index (χ4v) is 8.13. The van der Waals surface area contributed by atoms with Crippen molar-refractivity contribution in [3.05, 3.63) is 103 Å². The van der Waals surface area contributed by atoms with Gasteiger partial charge in [-0.1, -0.05) is 0 Å². The second-order valence-corrected chi connectivity index (χ2v) is 14.5. The van der Waals surface area contributed by atoms with Gasteiger partial charge >= 0.3 is 5.97 Å². The molecule has 0 saturated heterocycles. The van der Waals surface area contributed by atoms with Crippen molar-refractivity contribution in [2.24, 2.45) is 14.1 Å². The number of hydrogen-bond donors (Lipinski definition) is 0. The second-order valence-electron chi connectivity index (χ2n) is 11.9. The first kappa shape index (κ1) is 35.8. The molecule has 0 amide bonds. The number of fused-ring (bicyclic) bond motifs is 6. The van der Waals surface area contributed by atoms with E-state index in [4.69, 9.17) is 11.6 Å². The van der Waals surface area contributed by atoms with Crippen LogP contribution in [0.1, 0.15) is 46.4 Å². The lowest BCUT2D eigenvalue weighted by atomic mass is 10.2. The van der Waals surface area contributed by atoms with Gasteiger partial charge in [0.1, 0.15) is 9.66 Å². The number of aromatic nitrogens is 10. The first-order valence-electron chi connectivity index (χ1n) is 16.0. The molecule has 17 heteroatoms. The molecule has 8 aromatic heterocycles. The fourth-order valence-electron chi connectivity index (χ4n) is 5.87. The van der Waals surface area contributed by atoms with Crippen molar-refractivity contribution in [3.8, 4) is 0 Å². The van der Waals surface area contributed by atoms with E-state index >= 15 is 0 Å². The molecule has 0 radical (unpaired) electrons. The van der Waals surface area contributed by atoms with E-state index in [1.807, 2.05) is 63.1 Å². The SMILES string of the molecule is CCOC(C)=O.Cc1c2c(=O)n(Cc3ccn(C)n3)ncc2c2sc(CCl)cn12.Cc1cn2c(C)c3c(=O)n(Cc4ccn(C)n4)ncc3c2s1. The largest absolute Gasteiger partial charge is 0.466 e. The topological polar surface area (TPSA) is 141 Å². The summed E-state index contributed by atoms with van der Waals surface area (Å²) in [7, 11) is 3.71. The summed E-state index contributed by atoms with van der Waals surface area (Å²) in [5.74, 6) is 0.259. The standard InChI is InChI=1S/C15H14ClN5OS.C15H15N5OS.C4H8O2/c1-9-13-12(15-20(9)8-11(5-16)23-15)6-17-21(14(13)22)7-10-3-4-19(2)18-10;1-9-7-19-10(2)13-12(15(19)22-9)6-16-20(14(13)21)8-11-4-5-18(3)17-11;1-3-6-4(2)5/h3-4,6,8H,5,7H2,1-2H3;4-7H,8H2,1-3H3;3H2,1-2H3. The van der Waals surface area contributed by atoms with Gasteiger partial charge in [-0.3, -0.25) is 23.7 Å². The monoisotopic (exact) mass is 748 g/mol. The number of esters is 1. The summed E-state index contributed by atoms with van der Waals surface area (Å²) in [6.07, 6.45) is 11.3. The van der Waals surface area contributed by atoms with Crippen molar-refractivity contribution in [3.63, 3.8) is 0 Å². The van der Waals surface area contributed by atoms with Crippen LogP contribution >= 0.6 is 34.3 Å². The van der Waals surface area contributed by atoms with E-state index in [-0.39, 0.29) is 17.1 Å². The summed E-state index contributed by atoms with van der Waals surface area (Å²) < 4.78 is 14.9. The van der Waals surface area contributed by atoms with E-state index < -0.39 is 0 Å². The molecule has 14 nitrogen and oxygen atoms in total. The number of carbonyl (C=O) groups excluding carboxylic acids is 1. The molecule has 8 rings (SSSR count). The Labute approximate surface area is 304 Å². The quantitative estimate of drug-likeness (QED) is 0.167. The Morgan fingerprint density at radius 2 is 1.29 bits per heavy atom. The minimum atomic E-state index is -0.211. The highest BCUT2D eigenvalue weighted by Gasteiger charge is 2.18. The Hall–Kier alpha value is -5.06. The van der Waals surface area contributed by atoms with E-state index in [1.165, 1.54) is 21.2 Å². The van der Waals surface area contributed by atoms with Crippen LogP contribution in [0.3, 0.4) is 0 Å². The van der Waals surface area contributed by atoms with Gasteiger partial charge in [0.2, 0.25) is 0 Å². The molecular weight excluding hydrogens is 712 g/mol. The molecule has 0 bridgehead atoms. The van der Waals surface area contributed by atoms with Gasteiger partial charge < -0.3 is 13.5 Å². The molecule has 0 saturated carbocycles. The van der Waals surface area contributed by atoms with Gasteiger partial charge in [-0.05, 0) is 39.8 Å². The van der Waals surface area contributed by atoms with Crippen molar-refractivity contribution in [1.29, 1.82) is 0 Å². The molecule has 0 fully saturated rings. The number of rotatable bonds is 6. The lowest BCUT2D eigenvalue weighted by Crippen LogP contribution is -2.23. The van der Waals surface area contributed by atoms with Crippen molar-refractivity contribution in [2.45, 2.75) is 53.6 Å². The number of hydrogen-bond acceptors (Lipinski definition) is 10. The first-order chi connectivity index (χ1) is 24.4. The van der Waals surface area contributed by atoms with E-state index in [0.29, 0.717) is 31.0 Å². The van der Waals surface area contributed by atoms with Crippen LogP contribution in [-0.4, -0.2) is 60.5 Å². The molecule has 8 aromatic rings. The highest BCUT2D eigenvalue weighted by atomic mass is 35.5. The lowest BCUT2D eigenvalue weighted by molar-refractivity contribution is -0.140. The number of thiazole rings is 2. The number of halogens is 1. The third kappa shape index (κ3) is 7.11. The van der Waals surface area contributed by atoms with Crippen molar-refractivity contribution in [1.82, 2.24) is 47.9 Å². The molecular formula is C34H37ClN10O4S2. The summed E-state index contributed by atoms with van der Waals surface area (Å²) in [6, 6.07) is 3.78. The van der Waals surface area contributed by atoms with Gasteiger partial charge in [0.25, 0.3) is 11.1 Å². The molecule has 0 spiro atoms. The van der Waals surface area contributed by atoms with Crippen LogP contribution in [0.5, 0.6) is 0 Å². The Bertz CT molecular complexity index is 2650. The van der Waals surface area contributed by atoms with Crippen LogP contribution in [0.4, 0.5) is 0 Å². The van der Waals surface area contributed by atoms with Gasteiger partial charge in [-0.2, -0.15) is 20.4 Å².